The van der Waals surface area contributed by atoms with Crippen molar-refractivity contribution in [3.8, 4) is 0 Å². The third kappa shape index (κ3) is 5.19. The first-order valence-corrected chi connectivity index (χ1v) is 9.44. The molecule has 0 saturated heterocycles. The number of aromatic nitrogens is 2. The van der Waals surface area contributed by atoms with E-state index in [1.54, 1.807) is 18.2 Å². The summed E-state index contributed by atoms with van der Waals surface area (Å²) in [5, 5.41) is 5.60. The molecule has 0 aliphatic rings. The maximum atomic E-state index is 13.2. The summed E-state index contributed by atoms with van der Waals surface area (Å²) >= 11 is 0. The highest BCUT2D eigenvalue weighted by molar-refractivity contribution is 5.93. The van der Waals surface area contributed by atoms with Gasteiger partial charge < -0.3 is 15.6 Å². The summed E-state index contributed by atoms with van der Waals surface area (Å²) in [5.41, 5.74) is 2.85. The van der Waals surface area contributed by atoms with Crippen LogP contribution in [0.25, 0.3) is 11.0 Å². The standard InChI is InChI=1S/C22H25FN4O2/c1-13(28)24-18(14-5-7-15(23)8-6-14)12-20(29)25-16-9-10-17-19(11-16)27-21(26-17)22(2,3)4/h5-11,18H,12H2,1-4H3,(H,24,28)(H,25,29)(H,26,27)/t18-/m1/s1. The van der Waals surface area contributed by atoms with Gasteiger partial charge in [-0.15, -0.1) is 0 Å². The molecular formula is C22H25FN4O2. The van der Waals surface area contributed by atoms with E-state index >= 15 is 0 Å². The van der Waals surface area contributed by atoms with Crippen LogP contribution in [0, 0.1) is 5.82 Å². The van der Waals surface area contributed by atoms with Crippen LogP contribution in [0.4, 0.5) is 10.1 Å². The van der Waals surface area contributed by atoms with Gasteiger partial charge in [-0.25, -0.2) is 9.37 Å². The lowest BCUT2D eigenvalue weighted by molar-refractivity contribution is -0.120. The second-order valence-electron chi connectivity index (χ2n) is 8.12. The number of halogens is 1. The first kappa shape index (κ1) is 20.5. The van der Waals surface area contributed by atoms with E-state index in [2.05, 4.69) is 41.4 Å². The summed E-state index contributed by atoms with van der Waals surface area (Å²) in [6, 6.07) is 10.7. The van der Waals surface area contributed by atoms with E-state index in [0.717, 1.165) is 16.9 Å². The summed E-state index contributed by atoms with van der Waals surface area (Å²) in [7, 11) is 0. The Bertz CT molecular complexity index is 1040. The highest BCUT2D eigenvalue weighted by atomic mass is 19.1. The number of benzene rings is 2. The van der Waals surface area contributed by atoms with Gasteiger partial charge in [0.15, 0.2) is 0 Å². The van der Waals surface area contributed by atoms with Gasteiger partial charge in [0.25, 0.3) is 0 Å². The van der Waals surface area contributed by atoms with E-state index < -0.39 is 6.04 Å². The van der Waals surface area contributed by atoms with E-state index in [0.29, 0.717) is 11.3 Å². The van der Waals surface area contributed by atoms with Crippen LogP contribution >= 0.6 is 0 Å². The largest absolute Gasteiger partial charge is 0.349 e. The van der Waals surface area contributed by atoms with Crippen LogP contribution in [0.15, 0.2) is 42.5 Å². The molecule has 0 saturated carbocycles. The second kappa shape index (κ2) is 8.03. The fraction of sp³-hybridized carbons (Fsp3) is 0.318. The summed E-state index contributed by atoms with van der Waals surface area (Å²) in [6.07, 6.45) is 0.0272. The topological polar surface area (TPSA) is 86.9 Å². The molecule has 3 rings (SSSR count). The van der Waals surface area contributed by atoms with Crippen molar-refractivity contribution in [2.45, 2.75) is 45.6 Å². The maximum absolute atomic E-state index is 13.2. The average molecular weight is 396 g/mol. The number of hydrogen-bond acceptors (Lipinski definition) is 3. The van der Waals surface area contributed by atoms with Crippen LogP contribution in [0.2, 0.25) is 0 Å². The number of aromatic amines is 1. The number of amides is 2. The quantitative estimate of drug-likeness (QED) is 0.604. The van der Waals surface area contributed by atoms with Crippen molar-refractivity contribution in [1.29, 1.82) is 0 Å². The maximum Gasteiger partial charge on any atom is 0.226 e. The summed E-state index contributed by atoms with van der Waals surface area (Å²) in [4.78, 5) is 32.0. The Hall–Kier alpha value is -3.22. The van der Waals surface area contributed by atoms with Gasteiger partial charge in [0, 0.05) is 18.0 Å². The van der Waals surface area contributed by atoms with E-state index in [-0.39, 0.29) is 29.5 Å². The van der Waals surface area contributed by atoms with E-state index in [9.17, 15) is 14.0 Å². The van der Waals surface area contributed by atoms with Gasteiger partial charge in [-0.2, -0.15) is 0 Å². The normalized spacial score (nSPS) is 12.6. The third-order valence-electron chi connectivity index (χ3n) is 4.52. The molecule has 0 aliphatic carbocycles. The number of carbonyl (C=O) groups is 2. The Morgan fingerprint density at radius 1 is 1.14 bits per heavy atom. The van der Waals surface area contributed by atoms with Gasteiger partial charge in [0.05, 0.1) is 23.5 Å². The summed E-state index contributed by atoms with van der Waals surface area (Å²) in [6.45, 7) is 7.61. The minimum atomic E-state index is -0.545. The van der Waals surface area contributed by atoms with Crippen molar-refractivity contribution in [2.24, 2.45) is 0 Å². The van der Waals surface area contributed by atoms with Gasteiger partial charge in [-0.1, -0.05) is 32.9 Å². The van der Waals surface area contributed by atoms with Crippen LogP contribution in [-0.2, 0) is 15.0 Å². The van der Waals surface area contributed by atoms with E-state index in [1.165, 1.54) is 19.1 Å². The SMILES string of the molecule is CC(=O)N[C@H](CC(=O)Nc1ccc2nc(C(C)(C)C)[nH]c2c1)c1ccc(F)cc1. The molecule has 152 valence electrons. The van der Waals surface area contributed by atoms with Crippen molar-refractivity contribution in [1.82, 2.24) is 15.3 Å². The van der Waals surface area contributed by atoms with Crippen molar-refractivity contribution in [3.05, 3.63) is 59.7 Å². The number of carbonyl (C=O) groups excluding carboxylic acids is 2. The number of fused-ring (bicyclic) bond motifs is 1. The molecule has 0 aliphatic heterocycles. The molecule has 0 spiro atoms. The minimum absolute atomic E-state index is 0.0272. The van der Waals surface area contributed by atoms with Crippen LogP contribution in [0.3, 0.4) is 0 Å². The highest BCUT2D eigenvalue weighted by Gasteiger charge is 2.20. The second-order valence-corrected chi connectivity index (χ2v) is 8.12. The van der Waals surface area contributed by atoms with Crippen LogP contribution < -0.4 is 10.6 Å². The van der Waals surface area contributed by atoms with E-state index in [4.69, 9.17) is 0 Å². The zero-order chi connectivity index (χ0) is 21.2. The van der Waals surface area contributed by atoms with Gasteiger partial charge in [0.2, 0.25) is 11.8 Å². The molecule has 7 heteroatoms. The zero-order valence-electron chi connectivity index (χ0n) is 17.0. The third-order valence-corrected chi connectivity index (χ3v) is 4.52. The molecule has 2 amide bonds. The van der Waals surface area contributed by atoms with Crippen molar-refractivity contribution in [2.75, 3.05) is 5.32 Å². The molecule has 0 bridgehead atoms. The van der Waals surface area contributed by atoms with Gasteiger partial charge >= 0.3 is 0 Å². The number of anilines is 1. The number of nitrogens with one attached hydrogen (secondary N) is 3. The highest BCUT2D eigenvalue weighted by Crippen LogP contribution is 2.25. The molecule has 29 heavy (non-hydrogen) atoms. The molecule has 0 unspecified atom stereocenters. The molecule has 1 heterocycles. The number of imidazole rings is 1. The Morgan fingerprint density at radius 3 is 2.45 bits per heavy atom. The molecule has 1 aromatic heterocycles. The zero-order valence-corrected chi connectivity index (χ0v) is 17.0. The molecule has 6 nitrogen and oxygen atoms in total. The molecule has 0 radical (unpaired) electrons. The Kier molecular flexibility index (Phi) is 5.68. The number of H-pyrrole nitrogens is 1. The Balaban J connectivity index is 1.75. The summed E-state index contributed by atoms with van der Waals surface area (Å²) in [5.74, 6) is -0.0241. The first-order valence-electron chi connectivity index (χ1n) is 9.44. The number of hydrogen-bond donors (Lipinski definition) is 3. The first-order chi connectivity index (χ1) is 13.6. The van der Waals surface area contributed by atoms with E-state index in [1.807, 2.05) is 12.1 Å². The van der Waals surface area contributed by atoms with Crippen molar-refractivity contribution >= 4 is 28.5 Å². The predicted octanol–water partition coefficient (Wildman–Crippen LogP) is 4.21. The molecular weight excluding hydrogens is 371 g/mol. The van der Waals surface area contributed by atoms with Crippen LogP contribution in [0.1, 0.15) is 51.5 Å². The van der Waals surface area contributed by atoms with Gasteiger partial charge in [0.1, 0.15) is 11.6 Å². The average Bonchev–Trinajstić information content (AvgIpc) is 3.05. The molecule has 3 N–H and O–H groups in total. The van der Waals surface area contributed by atoms with Crippen LogP contribution in [0.5, 0.6) is 0 Å². The lowest BCUT2D eigenvalue weighted by Gasteiger charge is -2.18. The van der Waals surface area contributed by atoms with Crippen molar-refractivity contribution in [3.63, 3.8) is 0 Å². The van der Waals surface area contributed by atoms with Gasteiger partial charge in [-0.05, 0) is 35.9 Å². The van der Waals surface area contributed by atoms with Gasteiger partial charge in [-0.3, -0.25) is 9.59 Å². The smallest absolute Gasteiger partial charge is 0.226 e. The monoisotopic (exact) mass is 396 g/mol. The molecule has 0 fully saturated rings. The van der Waals surface area contributed by atoms with Crippen LogP contribution in [-0.4, -0.2) is 21.8 Å². The lowest BCUT2D eigenvalue weighted by Crippen LogP contribution is -2.29. The number of rotatable bonds is 5. The fourth-order valence-electron chi connectivity index (χ4n) is 3.03. The Labute approximate surface area is 168 Å². The summed E-state index contributed by atoms with van der Waals surface area (Å²) < 4.78 is 13.2. The lowest BCUT2D eigenvalue weighted by atomic mass is 9.96. The molecule has 1 atom stereocenters. The molecule has 2 aromatic carbocycles. The predicted molar refractivity (Wildman–Crippen MR) is 111 cm³/mol. The fourth-order valence-corrected chi connectivity index (χ4v) is 3.03. The van der Waals surface area contributed by atoms with Crippen molar-refractivity contribution < 1.29 is 14.0 Å². The number of nitrogens with zero attached hydrogens (tertiary/aromatic N) is 1. The Morgan fingerprint density at radius 2 is 1.83 bits per heavy atom. The molecule has 3 aromatic rings. The minimum Gasteiger partial charge on any atom is -0.349 e.